The van der Waals surface area contributed by atoms with E-state index in [9.17, 15) is 9.90 Å². The fourth-order valence-corrected chi connectivity index (χ4v) is 1.50. The van der Waals surface area contributed by atoms with Gasteiger partial charge in [-0.3, -0.25) is 4.79 Å². The van der Waals surface area contributed by atoms with Gasteiger partial charge in [0.1, 0.15) is 0 Å². The number of nitrogens with two attached hydrogens (primary N) is 1. The maximum Gasteiger partial charge on any atom is 0.254 e. The number of rotatable bonds is 3. The first-order chi connectivity index (χ1) is 8.06. The molecule has 4 N–H and O–H groups in total. The molecule has 0 unspecified atom stereocenters. The maximum atomic E-state index is 12.2. The Labute approximate surface area is 108 Å². The molecule has 1 rings (SSSR count). The molecular formula is C14H22N2O2. The second-order valence-corrected chi connectivity index (χ2v) is 5.68. The number of hydrogen-bond acceptors (Lipinski definition) is 3. The van der Waals surface area contributed by atoms with Gasteiger partial charge in [-0.25, -0.2) is 0 Å². The molecule has 0 aromatic heterocycles. The number of aliphatic hydroxyl groups is 1. The van der Waals surface area contributed by atoms with Crippen molar-refractivity contribution in [2.45, 2.75) is 45.8 Å². The lowest BCUT2D eigenvalue weighted by Gasteiger charge is -2.38. The van der Waals surface area contributed by atoms with E-state index in [1.165, 1.54) is 0 Å². The lowest BCUT2D eigenvalue weighted by molar-refractivity contribution is -0.00292. The summed E-state index contributed by atoms with van der Waals surface area (Å²) in [5, 5.41) is 12.9. The lowest BCUT2D eigenvalue weighted by atomic mass is 9.85. The number of amides is 1. The largest absolute Gasteiger partial charge is 0.398 e. The average molecular weight is 250 g/mol. The van der Waals surface area contributed by atoms with Gasteiger partial charge >= 0.3 is 0 Å². The van der Waals surface area contributed by atoms with Gasteiger partial charge in [0, 0.05) is 5.69 Å². The second-order valence-electron chi connectivity index (χ2n) is 5.68. The average Bonchev–Trinajstić information content (AvgIpc) is 2.14. The van der Waals surface area contributed by atoms with Gasteiger partial charge in [-0.2, -0.15) is 0 Å². The molecule has 18 heavy (non-hydrogen) atoms. The predicted octanol–water partition coefficient (Wildman–Crippen LogP) is 1.86. The van der Waals surface area contributed by atoms with Crippen molar-refractivity contribution in [2.24, 2.45) is 0 Å². The summed E-state index contributed by atoms with van der Waals surface area (Å²) >= 11 is 0. The fourth-order valence-electron chi connectivity index (χ4n) is 1.50. The van der Waals surface area contributed by atoms with Crippen molar-refractivity contribution in [3.8, 4) is 0 Å². The number of carbonyl (C=O) groups is 1. The van der Waals surface area contributed by atoms with Crippen LogP contribution in [0.3, 0.4) is 0 Å². The highest BCUT2D eigenvalue weighted by molar-refractivity contribution is 6.00. The molecule has 1 aromatic carbocycles. The van der Waals surface area contributed by atoms with Crippen LogP contribution in [0.5, 0.6) is 0 Å². The predicted molar refractivity (Wildman–Crippen MR) is 73.4 cm³/mol. The molecule has 0 saturated carbocycles. The molecule has 4 heteroatoms. The zero-order valence-electron chi connectivity index (χ0n) is 11.7. The van der Waals surface area contributed by atoms with Crippen LogP contribution >= 0.6 is 0 Å². The van der Waals surface area contributed by atoms with E-state index >= 15 is 0 Å². The minimum Gasteiger partial charge on any atom is -0.398 e. The quantitative estimate of drug-likeness (QED) is 0.717. The molecule has 4 nitrogen and oxygen atoms in total. The van der Waals surface area contributed by atoms with Gasteiger partial charge in [0.15, 0.2) is 0 Å². The van der Waals surface area contributed by atoms with E-state index in [1.54, 1.807) is 33.8 Å². The minimum atomic E-state index is -1.03. The van der Waals surface area contributed by atoms with Gasteiger partial charge in [0.05, 0.1) is 16.7 Å². The van der Waals surface area contributed by atoms with Crippen molar-refractivity contribution in [2.75, 3.05) is 5.73 Å². The van der Waals surface area contributed by atoms with E-state index in [1.807, 2.05) is 19.1 Å². The first-order valence-corrected chi connectivity index (χ1v) is 5.96. The van der Waals surface area contributed by atoms with E-state index < -0.39 is 11.1 Å². The standard InChI is InChI=1S/C14H22N2O2/c1-9-7-6-8-10(15)11(9)12(17)16-13(2,3)14(4,5)18/h6-8,18H,15H2,1-5H3,(H,16,17). The van der Waals surface area contributed by atoms with Crippen molar-refractivity contribution in [1.29, 1.82) is 0 Å². The Hall–Kier alpha value is -1.55. The molecule has 0 aliphatic carbocycles. The molecule has 1 amide bonds. The van der Waals surface area contributed by atoms with Gasteiger partial charge in [-0.15, -0.1) is 0 Å². The molecule has 0 bridgehead atoms. The molecule has 0 aliphatic rings. The van der Waals surface area contributed by atoms with Gasteiger partial charge in [0.25, 0.3) is 5.91 Å². The molecule has 1 aromatic rings. The van der Waals surface area contributed by atoms with Crippen molar-refractivity contribution in [3.63, 3.8) is 0 Å². The Bertz CT molecular complexity index is 439. The Morgan fingerprint density at radius 3 is 2.28 bits per heavy atom. The van der Waals surface area contributed by atoms with Gasteiger partial charge < -0.3 is 16.2 Å². The summed E-state index contributed by atoms with van der Waals surface area (Å²) < 4.78 is 0. The van der Waals surface area contributed by atoms with Crippen LogP contribution in [0.15, 0.2) is 18.2 Å². The molecule has 0 spiro atoms. The fraction of sp³-hybridized carbons (Fsp3) is 0.500. The summed E-state index contributed by atoms with van der Waals surface area (Å²) in [7, 11) is 0. The molecular weight excluding hydrogens is 228 g/mol. The van der Waals surface area contributed by atoms with Crippen LogP contribution in [0, 0.1) is 6.92 Å². The van der Waals surface area contributed by atoms with Gasteiger partial charge in [0.2, 0.25) is 0 Å². The summed E-state index contributed by atoms with van der Waals surface area (Å²) in [5.74, 6) is -0.266. The Kier molecular flexibility index (Phi) is 3.72. The zero-order chi connectivity index (χ0) is 14.1. The Balaban J connectivity index is 3.04. The number of nitrogen functional groups attached to an aromatic ring is 1. The van der Waals surface area contributed by atoms with Crippen LogP contribution in [0.25, 0.3) is 0 Å². The first kappa shape index (κ1) is 14.5. The third-order valence-corrected chi connectivity index (χ3v) is 3.49. The molecule has 0 heterocycles. The number of nitrogens with one attached hydrogen (secondary N) is 1. The summed E-state index contributed by atoms with van der Waals surface area (Å²) in [6, 6.07) is 5.34. The van der Waals surface area contributed by atoms with Crippen LogP contribution in [-0.4, -0.2) is 22.2 Å². The number of carbonyl (C=O) groups excluding carboxylic acids is 1. The smallest absolute Gasteiger partial charge is 0.254 e. The molecule has 0 radical (unpaired) electrons. The minimum absolute atomic E-state index is 0.266. The first-order valence-electron chi connectivity index (χ1n) is 5.96. The maximum absolute atomic E-state index is 12.2. The summed E-state index contributed by atoms with van der Waals surface area (Å²) in [6.07, 6.45) is 0. The number of aryl methyl sites for hydroxylation is 1. The van der Waals surface area contributed by atoms with Crippen LogP contribution in [0.1, 0.15) is 43.6 Å². The zero-order valence-corrected chi connectivity index (χ0v) is 11.7. The van der Waals surface area contributed by atoms with E-state index in [-0.39, 0.29) is 5.91 Å². The molecule has 0 fully saturated rings. The SMILES string of the molecule is Cc1cccc(N)c1C(=O)NC(C)(C)C(C)(C)O. The second kappa shape index (κ2) is 4.61. The highest BCUT2D eigenvalue weighted by Gasteiger charge is 2.36. The van der Waals surface area contributed by atoms with Crippen LogP contribution in [-0.2, 0) is 0 Å². The van der Waals surface area contributed by atoms with Crippen molar-refractivity contribution in [3.05, 3.63) is 29.3 Å². The molecule has 0 atom stereocenters. The topological polar surface area (TPSA) is 75.4 Å². The lowest BCUT2D eigenvalue weighted by Crippen LogP contribution is -2.57. The third-order valence-electron chi connectivity index (χ3n) is 3.49. The van der Waals surface area contributed by atoms with Gasteiger partial charge in [-0.05, 0) is 46.2 Å². The monoisotopic (exact) mass is 250 g/mol. The van der Waals surface area contributed by atoms with E-state index in [0.717, 1.165) is 5.56 Å². The van der Waals surface area contributed by atoms with Crippen LogP contribution < -0.4 is 11.1 Å². The third kappa shape index (κ3) is 2.82. The Morgan fingerprint density at radius 2 is 1.83 bits per heavy atom. The number of hydrogen-bond donors (Lipinski definition) is 3. The van der Waals surface area contributed by atoms with Crippen molar-refractivity contribution >= 4 is 11.6 Å². The van der Waals surface area contributed by atoms with Crippen molar-refractivity contribution in [1.82, 2.24) is 5.32 Å². The highest BCUT2D eigenvalue weighted by Crippen LogP contribution is 2.23. The highest BCUT2D eigenvalue weighted by atomic mass is 16.3. The normalized spacial score (nSPS) is 12.3. The van der Waals surface area contributed by atoms with E-state index in [4.69, 9.17) is 5.73 Å². The molecule has 0 saturated heterocycles. The Morgan fingerprint density at radius 1 is 1.28 bits per heavy atom. The van der Waals surface area contributed by atoms with Crippen LogP contribution in [0.2, 0.25) is 0 Å². The van der Waals surface area contributed by atoms with E-state index in [0.29, 0.717) is 11.3 Å². The number of anilines is 1. The summed E-state index contributed by atoms with van der Waals surface area (Å²) in [4.78, 5) is 12.2. The number of benzene rings is 1. The van der Waals surface area contributed by atoms with Gasteiger partial charge in [-0.1, -0.05) is 12.1 Å². The van der Waals surface area contributed by atoms with Crippen molar-refractivity contribution < 1.29 is 9.90 Å². The van der Waals surface area contributed by atoms with Crippen LogP contribution in [0.4, 0.5) is 5.69 Å². The summed E-state index contributed by atoms with van der Waals surface area (Å²) in [5.41, 5.74) is 5.78. The summed E-state index contributed by atoms with van der Waals surface area (Å²) in [6.45, 7) is 8.71. The van der Waals surface area contributed by atoms with E-state index in [2.05, 4.69) is 5.32 Å². The molecule has 0 aliphatic heterocycles. The molecule has 100 valence electrons.